The fourth-order valence-corrected chi connectivity index (χ4v) is 0.604. The Kier molecular flexibility index (Phi) is 6.92. The van der Waals surface area contributed by atoms with E-state index >= 15 is 0 Å². The zero-order valence-corrected chi connectivity index (χ0v) is 5.97. The predicted molar refractivity (Wildman–Crippen MR) is 39.3 cm³/mol. The smallest absolute Gasteiger partial charge is 0.120 e. The van der Waals surface area contributed by atoms with Crippen LogP contribution in [0.25, 0.3) is 0 Å². The van der Waals surface area contributed by atoms with Gasteiger partial charge in [0.05, 0.1) is 0 Å². The van der Waals surface area contributed by atoms with E-state index in [-0.39, 0.29) is 0 Å². The molecule has 9 heavy (non-hydrogen) atoms. The van der Waals surface area contributed by atoms with Gasteiger partial charge in [-0.2, -0.15) is 0 Å². The molecular formula is C8H14O. The number of carbonyl (C=O) groups excluding carboxylic acids is 1. The summed E-state index contributed by atoms with van der Waals surface area (Å²) >= 11 is 0. The highest BCUT2D eigenvalue weighted by Crippen LogP contribution is 1.94. The maximum Gasteiger partial charge on any atom is 0.120 e. The van der Waals surface area contributed by atoms with Crippen LogP contribution in [-0.4, -0.2) is 6.29 Å². The molecule has 0 aromatic heterocycles. The molecule has 0 spiro atoms. The van der Waals surface area contributed by atoms with Crippen molar-refractivity contribution in [3.8, 4) is 0 Å². The van der Waals surface area contributed by atoms with Gasteiger partial charge in [0.1, 0.15) is 6.29 Å². The fourth-order valence-electron chi connectivity index (χ4n) is 0.604. The number of hydrogen-bond donors (Lipinski definition) is 0. The highest BCUT2D eigenvalue weighted by molar-refractivity contribution is 5.48. The molecule has 0 N–H and O–H groups in total. The Morgan fingerprint density at radius 3 is 2.56 bits per heavy atom. The molecule has 0 aliphatic carbocycles. The zero-order valence-electron chi connectivity index (χ0n) is 5.97. The normalized spacial score (nSPS) is 10.3. The Morgan fingerprint density at radius 1 is 1.22 bits per heavy atom. The van der Waals surface area contributed by atoms with Crippen molar-refractivity contribution in [3.05, 3.63) is 12.2 Å². The molecule has 52 valence electrons. The number of carbonyl (C=O) groups is 1. The molecule has 0 fully saturated rings. The number of allylic oxidation sites excluding steroid dienone is 2. The van der Waals surface area contributed by atoms with Crippen molar-refractivity contribution in [2.75, 3.05) is 0 Å². The minimum Gasteiger partial charge on any atom is -0.303 e. The van der Waals surface area contributed by atoms with Crippen LogP contribution >= 0.6 is 0 Å². The van der Waals surface area contributed by atoms with Gasteiger partial charge in [-0.1, -0.05) is 19.1 Å². The topological polar surface area (TPSA) is 17.1 Å². The summed E-state index contributed by atoms with van der Waals surface area (Å²) in [6.07, 6.45) is 9.08. The summed E-state index contributed by atoms with van der Waals surface area (Å²) in [5.41, 5.74) is 0. The molecule has 0 bridgehead atoms. The Hall–Kier alpha value is -0.590. The Bertz CT molecular complexity index is 84.6. The molecule has 0 aliphatic rings. The minimum atomic E-state index is 0.702. The van der Waals surface area contributed by atoms with Crippen molar-refractivity contribution < 1.29 is 4.79 Å². The quantitative estimate of drug-likeness (QED) is 0.314. The summed E-state index contributed by atoms with van der Waals surface area (Å²) in [5.74, 6) is 0. The second-order valence-corrected chi connectivity index (χ2v) is 1.98. The largest absolute Gasteiger partial charge is 0.303 e. The Labute approximate surface area is 56.8 Å². The summed E-state index contributed by atoms with van der Waals surface area (Å²) in [6.45, 7) is 2.11. The van der Waals surface area contributed by atoms with Crippen LogP contribution in [0, 0.1) is 0 Å². The van der Waals surface area contributed by atoms with E-state index in [0.29, 0.717) is 6.42 Å². The molecule has 0 radical (unpaired) electrons. The molecule has 0 atom stereocenters. The van der Waals surface area contributed by atoms with Crippen molar-refractivity contribution in [2.24, 2.45) is 0 Å². The third kappa shape index (κ3) is 7.41. The molecule has 0 heterocycles. The van der Waals surface area contributed by atoms with Gasteiger partial charge in [-0.15, -0.1) is 0 Å². The Morgan fingerprint density at radius 2 is 2.00 bits per heavy atom. The maximum absolute atomic E-state index is 9.81. The van der Waals surface area contributed by atoms with Gasteiger partial charge in [-0.3, -0.25) is 0 Å². The molecule has 0 amide bonds. The first kappa shape index (κ1) is 8.41. The van der Waals surface area contributed by atoms with Gasteiger partial charge in [0, 0.05) is 6.42 Å². The van der Waals surface area contributed by atoms with E-state index in [1.165, 1.54) is 0 Å². The third-order valence-electron chi connectivity index (χ3n) is 1.10. The SMILES string of the molecule is CCC=CCCCC=O. The van der Waals surface area contributed by atoms with Crippen LogP contribution < -0.4 is 0 Å². The molecule has 0 unspecified atom stereocenters. The van der Waals surface area contributed by atoms with E-state index in [0.717, 1.165) is 25.5 Å². The molecule has 0 aromatic carbocycles. The van der Waals surface area contributed by atoms with Crippen LogP contribution in [0.5, 0.6) is 0 Å². The average molecular weight is 126 g/mol. The number of hydrogen-bond acceptors (Lipinski definition) is 1. The lowest BCUT2D eigenvalue weighted by molar-refractivity contribution is -0.107. The van der Waals surface area contributed by atoms with E-state index in [2.05, 4.69) is 19.1 Å². The third-order valence-corrected chi connectivity index (χ3v) is 1.10. The monoisotopic (exact) mass is 126 g/mol. The number of rotatable bonds is 5. The van der Waals surface area contributed by atoms with Crippen molar-refractivity contribution >= 4 is 6.29 Å². The van der Waals surface area contributed by atoms with E-state index < -0.39 is 0 Å². The zero-order chi connectivity index (χ0) is 6.95. The molecule has 0 saturated heterocycles. The number of unbranched alkanes of at least 4 members (excludes halogenated alkanes) is 2. The van der Waals surface area contributed by atoms with Gasteiger partial charge in [0.15, 0.2) is 0 Å². The van der Waals surface area contributed by atoms with E-state index in [4.69, 9.17) is 0 Å². The summed E-state index contributed by atoms with van der Waals surface area (Å²) in [4.78, 5) is 9.81. The van der Waals surface area contributed by atoms with Gasteiger partial charge in [0.2, 0.25) is 0 Å². The molecule has 0 aromatic rings. The van der Waals surface area contributed by atoms with Crippen LogP contribution in [0.1, 0.15) is 32.6 Å². The first-order valence-corrected chi connectivity index (χ1v) is 3.50. The van der Waals surface area contributed by atoms with Crippen LogP contribution in [0.15, 0.2) is 12.2 Å². The molecule has 1 heteroatoms. The minimum absolute atomic E-state index is 0.702. The standard InChI is InChI=1S/C8H14O/c1-2-3-4-5-6-7-8-9/h3-4,8H,2,5-7H2,1H3. The van der Waals surface area contributed by atoms with Crippen molar-refractivity contribution in [2.45, 2.75) is 32.6 Å². The van der Waals surface area contributed by atoms with Gasteiger partial charge in [-0.05, 0) is 19.3 Å². The highest BCUT2D eigenvalue weighted by atomic mass is 16.1. The van der Waals surface area contributed by atoms with Crippen LogP contribution in [0.2, 0.25) is 0 Å². The molecule has 0 saturated carbocycles. The lowest BCUT2D eigenvalue weighted by Crippen LogP contribution is -1.72. The van der Waals surface area contributed by atoms with Crippen molar-refractivity contribution in [3.63, 3.8) is 0 Å². The molecular weight excluding hydrogens is 112 g/mol. The lowest BCUT2D eigenvalue weighted by atomic mass is 10.2. The van der Waals surface area contributed by atoms with Crippen LogP contribution in [0.3, 0.4) is 0 Å². The molecule has 0 rings (SSSR count). The fraction of sp³-hybridized carbons (Fsp3) is 0.625. The first-order valence-electron chi connectivity index (χ1n) is 3.50. The highest BCUT2D eigenvalue weighted by Gasteiger charge is 1.79. The summed E-state index contributed by atoms with van der Waals surface area (Å²) in [6, 6.07) is 0. The van der Waals surface area contributed by atoms with Gasteiger partial charge < -0.3 is 4.79 Å². The van der Waals surface area contributed by atoms with Crippen LogP contribution in [0.4, 0.5) is 0 Å². The number of aldehydes is 1. The lowest BCUT2D eigenvalue weighted by Gasteiger charge is -1.85. The molecule has 1 nitrogen and oxygen atoms in total. The van der Waals surface area contributed by atoms with Crippen molar-refractivity contribution in [1.29, 1.82) is 0 Å². The van der Waals surface area contributed by atoms with Gasteiger partial charge in [0.25, 0.3) is 0 Å². The average Bonchev–Trinajstić information content (AvgIpc) is 1.89. The van der Waals surface area contributed by atoms with Crippen LogP contribution in [-0.2, 0) is 4.79 Å². The summed E-state index contributed by atoms with van der Waals surface area (Å²) in [5, 5.41) is 0. The van der Waals surface area contributed by atoms with Gasteiger partial charge >= 0.3 is 0 Å². The Balaban J connectivity index is 2.90. The molecule has 0 aliphatic heterocycles. The van der Waals surface area contributed by atoms with Gasteiger partial charge in [-0.25, -0.2) is 0 Å². The summed E-state index contributed by atoms with van der Waals surface area (Å²) in [7, 11) is 0. The van der Waals surface area contributed by atoms with E-state index in [1.807, 2.05) is 0 Å². The second kappa shape index (κ2) is 7.41. The van der Waals surface area contributed by atoms with E-state index in [1.54, 1.807) is 0 Å². The summed E-state index contributed by atoms with van der Waals surface area (Å²) < 4.78 is 0. The predicted octanol–water partition coefficient (Wildman–Crippen LogP) is 2.32. The second-order valence-electron chi connectivity index (χ2n) is 1.98. The first-order chi connectivity index (χ1) is 4.41. The van der Waals surface area contributed by atoms with Crippen molar-refractivity contribution in [1.82, 2.24) is 0 Å². The van der Waals surface area contributed by atoms with E-state index in [9.17, 15) is 4.79 Å². The maximum atomic E-state index is 9.81.